The molecule has 4 rings (SSSR count). The highest BCUT2D eigenvalue weighted by atomic mass is 32.2. The molecule has 30 heavy (non-hydrogen) atoms. The highest BCUT2D eigenvalue weighted by Gasteiger charge is 2.23. The summed E-state index contributed by atoms with van der Waals surface area (Å²) >= 11 is 0. The van der Waals surface area contributed by atoms with E-state index in [2.05, 4.69) is 20.1 Å². The molecular formula is C20H20N6O3S. The first-order valence-corrected chi connectivity index (χ1v) is 10.9. The third kappa shape index (κ3) is 4.29. The van der Waals surface area contributed by atoms with Crippen LogP contribution in [0.3, 0.4) is 0 Å². The number of pyridine rings is 1. The lowest BCUT2D eigenvalue weighted by atomic mass is 10.2. The van der Waals surface area contributed by atoms with Crippen LogP contribution < -0.4 is 10.0 Å². The molecule has 1 fully saturated rings. The van der Waals surface area contributed by atoms with Crippen LogP contribution in [-0.2, 0) is 10.0 Å². The number of anilines is 1. The van der Waals surface area contributed by atoms with Gasteiger partial charge in [-0.3, -0.25) is 9.78 Å². The van der Waals surface area contributed by atoms with Gasteiger partial charge in [0.15, 0.2) is 5.82 Å². The number of rotatable bonds is 4. The van der Waals surface area contributed by atoms with Crippen molar-refractivity contribution in [2.45, 2.75) is 4.90 Å². The van der Waals surface area contributed by atoms with Gasteiger partial charge in [0, 0.05) is 49.7 Å². The number of nitrogens with zero attached hydrogens (tertiary/aromatic N) is 5. The Morgan fingerprint density at radius 1 is 0.933 bits per heavy atom. The first kappa shape index (κ1) is 19.9. The number of primary sulfonamides is 1. The second-order valence-electron chi connectivity index (χ2n) is 6.87. The summed E-state index contributed by atoms with van der Waals surface area (Å²) in [4.78, 5) is 20.6. The van der Waals surface area contributed by atoms with Gasteiger partial charge in [0.25, 0.3) is 5.91 Å². The molecule has 3 aromatic rings. The molecule has 0 atom stereocenters. The Morgan fingerprint density at radius 2 is 1.67 bits per heavy atom. The highest BCUT2D eigenvalue weighted by Crippen LogP contribution is 2.19. The van der Waals surface area contributed by atoms with Gasteiger partial charge in [0.05, 0.1) is 10.6 Å². The van der Waals surface area contributed by atoms with Crippen LogP contribution in [0.5, 0.6) is 0 Å². The summed E-state index contributed by atoms with van der Waals surface area (Å²) < 4.78 is 22.7. The Hall–Kier alpha value is -3.37. The fraction of sp³-hybridized carbons (Fsp3) is 0.200. The number of piperazine rings is 1. The van der Waals surface area contributed by atoms with Crippen LogP contribution >= 0.6 is 0 Å². The van der Waals surface area contributed by atoms with E-state index in [1.807, 2.05) is 24.3 Å². The summed E-state index contributed by atoms with van der Waals surface area (Å²) in [6.07, 6.45) is 3.45. The SMILES string of the molecule is NS(=O)(=O)c1ccc(C(=O)N2CCN(c3ccc(-c4cccnc4)nn3)CC2)cc1. The van der Waals surface area contributed by atoms with Gasteiger partial charge in [-0.25, -0.2) is 13.6 Å². The van der Waals surface area contributed by atoms with E-state index in [4.69, 9.17) is 5.14 Å². The van der Waals surface area contributed by atoms with E-state index in [9.17, 15) is 13.2 Å². The van der Waals surface area contributed by atoms with E-state index in [1.165, 1.54) is 24.3 Å². The fourth-order valence-corrected chi connectivity index (χ4v) is 3.79. The number of carbonyl (C=O) groups is 1. The molecule has 2 N–H and O–H groups in total. The molecule has 154 valence electrons. The molecule has 1 aliphatic rings. The molecular weight excluding hydrogens is 404 g/mol. The number of aromatic nitrogens is 3. The van der Waals surface area contributed by atoms with Gasteiger partial charge >= 0.3 is 0 Å². The van der Waals surface area contributed by atoms with Crippen LogP contribution in [0.25, 0.3) is 11.3 Å². The molecule has 10 heteroatoms. The largest absolute Gasteiger partial charge is 0.352 e. The minimum Gasteiger partial charge on any atom is -0.352 e. The van der Waals surface area contributed by atoms with Gasteiger partial charge in [0.1, 0.15) is 0 Å². The molecule has 1 amide bonds. The molecule has 0 bridgehead atoms. The minimum absolute atomic E-state index is 0.0165. The van der Waals surface area contributed by atoms with E-state index in [1.54, 1.807) is 17.3 Å². The summed E-state index contributed by atoms with van der Waals surface area (Å²) in [7, 11) is -3.78. The van der Waals surface area contributed by atoms with Crippen LogP contribution in [0.1, 0.15) is 10.4 Å². The maximum absolute atomic E-state index is 12.7. The summed E-state index contributed by atoms with van der Waals surface area (Å²) in [5.41, 5.74) is 2.08. The van der Waals surface area contributed by atoms with Crippen molar-refractivity contribution in [3.05, 3.63) is 66.5 Å². The Bertz CT molecular complexity index is 1130. The van der Waals surface area contributed by atoms with E-state index < -0.39 is 10.0 Å². The number of amides is 1. The van der Waals surface area contributed by atoms with Gasteiger partial charge in [-0.1, -0.05) is 0 Å². The van der Waals surface area contributed by atoms with Gasteiger partial charge in [-0.2, -0.15) is 0 Å². The lowest BCUT2D eigenvalue weighted by molar-refractivity contribution is 0.0746. The maximum atomic E-state index is 12.7. The number of nitrogens with two attached hydrogens (primary N) is 1. The first-order valence-electron chi connectivity index (χ1n) is 9.33. The van der Waals surface area contributed by atoms with Gasteiger partial charge in [-0.15, -0.1) is 10.2 Å². The second-order valence-corrected chi connectivity index (χ2v) is 8.43. The topological polar surface area (TPSA) is 122 Å². The van der Waals surface area contributed by atoms with Crippen LogP contribution in [0.2, 0.25) is 0 Å². The van der Waals surface area contributed by atoms with Gasteiger partial charge in [-0.05, 0) is 48.5 Å². The molecule has 0 saturated carbocycles. The quantitative estimate of drug-likeness (QED) is 0.666. The van der Waals surface area contributed by atoms with Crippen LogP contribution in [0.4, 0.5) is 5.82 Å². The molecule has 9 nitrogen and oxygen atoms in total. The van der Waals surface area contributed by atoms with Crippen LogP contribution in [0.15, 0.2) is 65.8 Å². The minimum atomic E-state index is -3.78. The zero-order valence-electron chi connectivity index (χ0n) is 16.0. The van der Waals surface area contributed by atoms with Crippen molar-refractivity contribution < 1.29 is 13.2 Å². The van der Waals surface area contributed by atoms with Crippen molar-refractivity contribution in [3.8, 4) is 11.3 Å². The Kier molecular flexibility index (Phi) is 5.42. The predicted octanol–water partition coefficient (Wildman–Crippen LogP) is 1.15. The van der Waals surface area contributed by atoms with Crippen molar-refractivity contribution in [2.75, 3.05) is 31.1 Å². The van der Waals surface area contributed by atoms with Crippen molar-refractivity contribution in [1.82, 2.24) is 20.1 Å². The summed E-state index contributed by atoms with van der Waals surface area (Å²) in [6, 6.07) is 13.3. The normalized spacial score (nSPS) is 14.6. The Balaban J connectivity index is 1.38. The van der Waals surface area contributed by atoms with Gasteiger partial charge in [0.2, 0.25) is 10.0 Å². The summed E-state index contributed by atoms with van der Waals surface area (Å²) in [5.74, 6) is 0.612. The monoisotopic (exact) mass is 424 g/mol. The fourth-order valence-electron chi connectivity index (χ4n) is 3.27. The number of benzene rings is 1. The molecule has 0 unspecified atom stereocenters. The zero-order valence-corrected chi connectivity index (χ0v) is 16.9. The third-order valence-electron chi connectivity index (χ3n) is 4.93. The van der Waals surface area contributed by atoms with Gasteiger partial charge < -0.3 is 9.80 Å². The predicted molar refractivity (Wildman–Crippen MR) is 111 cm³/mol. The number of hydrogen-bond donors (Lipinski definition) is 1. The van der Waals surface area contributed by atoms with Crippen molar-refractivity contribution in [1.29, 1.82) is 0 Å². The summed E-state index contributed by atoms with van der Waals surface area (Å²) in [5, 5.41) is 13.7. The Morgan fingerprint density at radius 3 is 2.23 bits per heavy atom. The van der Waals surface area contributed by atoms with E-state index >= 15 is 0 Å². The number of hydrogen-bond acceptors (Lipinski definition) is 7. The molecule has 0 aliphatic carbocycles. The second kappa shape index (κ2) is 8.17. The average molecular weight is 424 g/mol. The molecule has 0 spiro atoms. The van der Waals surface area contributed by atoms with Crippen molar-refractivity contribution >= 4 is 21.7 Å². The van der Waals surface area contributed by atoms with Crippen LogP contribution in [-0.4, -0.2) is 60.6 Å². The molecule has 1 aromatic carbocycles. The van der Waals surface area contributed by atoms with Crippen LogP contribution in [0, 0.1) is 0 Å². The number of sulfonamides is 1. The maximum Gasteiger partial charge on any atom is 0.253 e. The first-order chi connectivity index (χ1) is 14.4. The molecule has 0 radical (unpaired) electrons. The molecule has 2 aromatic heterocycles. The lowest BCUT2D eigenvalue weighted by Gasteiger charge is -2.35. The standard InChI is InChI=1S/C20H20N6O3S/c21-30(28,29)17-5-3-15(4-6-17)20(27)26-12-10-25(11-13-26)19-8-7-18(23-24-19)16-2-1-9-22-14-16/h1-9,14H,10-13H2,(H2,21,28,29). The average Bonchev–Trinajstić information content (AvgIpc) is 2.79. The van der Waals surface area contributed by atoms with E-state index in [0.717, 1.165) is 17.1 Å². The van der Waals surface area contributed by atoms with Crippen molar-refractivity contribution in [3.63, 3.8) is 0 Å². The van der Waals surface area contributed by atoms with Crippen molar-refractivity contribution in [2.24, 2.45) is 5.14 Å². The molecule has 1 aliphatic heterocycles. The third-order valence-corrected chi connectivity index (χ3v) is 5.86. The smallest absolute Gasteiger partial charge is 0.253 e. The Labute approximate surface area is 174 Å². The molecule has 3 heterocycles. The number of carbonyl (C=O) groups excluding carboxylic acids is 1. The van der Waals surface area contributed by atoms with E-state index in [0.29, 0.717) is 31.7 Å². The molecule has 1 saturated heterocycles. The van der Waals surface area contributed by atoms with E-state index in [-0.39, 0.29) is 10.8 Å². The lowest BCUT2D eigenvalue weighted by Crippen LogP contribution is -2.49. The highest BCUT2D eigenvalue weighted by molar-refractivity contribution is 7.89. The zero-order chi connectivity index (χ0) is 21.1. The summed E-state index contributed by atoms with van der Waals surface area (Å²) in [6.45, 7) is 2.31.